The molecule has 0 aliphatic carbocycles. The van der Waals surface area contributed by atoms with Crippen LogP contribution in [0.3, 0.4) is 0 Å². The lowest BCUT2D eigenvalue weighted by Gasteiger charge is -2.02. The quantitative estimate of drug-likeness (QED) is 0.708. The number of hydrogen-bond acceptors (Lipinski definition) is 1. The molecule has 0 spiro atoms. The van der Waals surface area contributed by atoms with Crippen LogP contribution in [-0.2, 0) is 0 Å². The number of benzene rings is 1. The first kappa shape index (κ1) is 10.0. The molecule has 0 amide bonds. The summed E-state index contributed by atoms with van der Waals surface area (Å²) in [6.45, 7) is 1.82. The average molecular weight is 268 g/mol. The van der Waals surface area contributed by atoms with Crippen molar-refractivity contribution in [1.82, 2.24) is 0 Å². The van der Waals surface area contributed by atoms with E-state index in [0.29, 0.717) is 10.6 Å². The number of rotatable bonds is 1. The molecule has 0 aliphatic heterocycles. The third-order valence-electron chi connectivity index (χ3n) is 1.43. The Kier molecular flexibility index (Phi) is 3.16. The molecule has 0 fully saturated rings. The van der Waals surface area contributed by atoms with E-state index in [1.165, 1.54) is 0 Å². The summed E-state index contributed by atoms with van der Waals surface area (Å²) in [7, 11) is 0. The molecule has 12 heavy (non-hydrogen) atoms. The predicted molar refractivity (Wildman–Crippen MR) is 54.1 cm³/mol. The van der Waals surface area contributed by atoms with Gasteiger partial charge in [-0.05, 0) is 36.2 Å². The second-order valence-electron chi connectivity index (χ2n) is 2.36. The molecular weight excluding hydrogens is 263 g/mol. The van der Waals surface area contributed by atoms with Crippen molar-refractivity contribution in [3.05, 3.63) is 32.8 Å². The highest BCUT2D eigenvalue weighted by Gasteiger charge is 2.10. The van der Waals surface area contributed by atoms with Crippen molar-refractivity contribution in [3.8, 4) is 0 Å². The van der Waals surface area contributed by atoms with Crippen LogP contribution in [0.2, 0.25) is 5.02 Å². The molecule has 0 atom stereocenters. The van der Waals surface area contributed by atoms with E-state index in [9.17, 15) is 4.79 Å². The van der Waals surface area contributed by atoms with Crippen molar-refractivity contribution < 1.29 is 4.79 Å². The van der Waals surface area contributed by atoms with Crippen LogP contribution in [0.4, 0.5) is 0 Å². The van der Waals surface area contributed by atoms with Gasteiger partial charge >= 0.3 is 0 Å². The van der Waals surface area contributed by atoms with Gasteiger partial charge in [-0.1, -0.05) is 27.5 Å². The van der Waals surface area contributed by atoms with E-state index < -0.39 is 5.24 Å². The second-order valence-corrected chi connectivity index (χ2v) is 3.99. The fourth-order valence-electron chi connectivity index (χ4n) is 0.869. The number of aryl methyl sites for hydroxylation is 1. The maximum atomic E-state index is 10.8. The molecule has 0 N–H and O–H groups in total. The van der Waals surface area contributed by atoms with Gasteiger partial charge in [-0.25, -0.2) is 0 Å². The Balaban J connectivity index is 3.37. The Hall–Kier alpha value is -0.0500. The highest BCUT2D eigenvalue weighted by Crippen LogP contribution is 2.26. The summed E-state index contributed by atoms with van der Waals surface area (Å²) in [6.07, 6.45) is 0. The Morgan fingerprint density at radius 2 is 2.08 bits per heavy atom. The van der Waals surface area contributed by atoms with E-state index in [-0.39, 0.29) is 0 Å². The summed E-state index contributed by atoms with van der Waals surface area (Å²) in [5.74, 6) is 0. The van der Waals surface area contributed by atoms with Crippen LogP contribution in [0.5, 0.6) is 0 Å². The summed E-state index contributed by atoms with van der Waals surface area (Å²) in [5, 5.41) is -0.123. The van der Waals surface area contributed by atoms with Crippen LogP contribution in [-0.4, -0.2) is 5.24 Å². The Morgan fingerprint density at radius 1 is 1.50 bits per heavy atom. The summed E-state index contributed by atoms with van der Waals surface area (Å²) < 4.78 is 0.799. The van der Waals surface area contributed by atoms with Gasteiger partial charge in [0.25, 0.3) is 5.24 Å². The average Bonchev–Trinajstić information content (AvgIpc) is 1.96. The molecule has 1 rings (SSSR count). The van der Waals surface area contributed by atoms with E-state index in [0.717, 1.165) is 10.0 Å². The third kappa shape index (κ3) is 2.00. The molecule has 0 radical (unpaired) electrons. The van der Waals surface area contributed by atoms with Crippen LogP contribution in [0, 0.1) is 6.92 Å². The molecule has 1 nitrogen and oxygen atoms in total. The van der Waals surface area contributed by atoms with E-state index in [2.05, 4.69) is 15.9 Å². The first-order valence-electron chi connectivity index (χ1n) is 3.18. The van der Waals surface area contributed by atoms with Gasteiger partial charge in [0, 0.05) is 4.47 Å². The topological polar surface area (TPSA) is 17.1 Å². The van der Waals surface area contributed by atoms with Crippen molar-refractivity contribution in [2.45, 2.75) is 6.92 Å². The molecule has 0 saturated heterocycles. The monoisotopic (exact) mass is 266 g/mol. The number of halogens is 3. The maximum absolute atomic E-state index is 10.8. The zero-order valence-electron chi connectivity index (χ0n) is 6.20. The highest BCUT2D eigenvalue weighted by atomic mass is 79.9. The minimum absolute atomic E-state index is 0.338. The van der Waals surface area contributed by atoms with Gasteiger partial charge in [0.2, 0.25) is 0 Å². The van der Waals surface area contributed by atoms with Gasteiger partial charge in [0.1, 0.15) is 0 Å². The maximum Gasteiger partial charge on any atom is 0.253 e. The van der Waals surface area contributed by atoms with Crippen molar-refractivity contribution >= 4 is 44.4 Å². The summed E-state index contributed by atoms with van der Waals surface area (Å²) >= 11 is 14.4. The fourth-order valence-corrected chi connectivity index (χ4v) is 1.83. The molecule has 0 aromatic heterocycles. The summed E-state index contributed by atoms with van der Waals surface area (Å²) in [4.78, 5) is 10.8. The van der Waals surface area contributed by atoms with Crippen LogP contribution < -0.4 is 0 Å². The third-order valence-corrected chi connectivity index (χ3v) is 2.59. The molecule has 0 saturated carbocycles. The Bertz CT molecular complexity index is 336. The van der Waals surface area contributed by atoms with Crippen molar-refractivity contribution in [1.29, 1.82) is 0 Å². The Labute approximate surface area is 88.8 Å². The predicted octanol–water partition coefficient (Wildman–Crippen LogP) is 3.79. The van der Waals surface area contributed by atoms with E-state index in [1.54, 1.807) is 6.07 Å². The van der Waals surface area contributed by atoms with Crippen LogP contribution >= 0.6 is 39.1 Å². The van der Waals surface area contributed by atoms with Crippen molar-refractivity contribution in [2.75, 3.05) is 0 Å². The van der Waals surface area contributed by atoms with E-state index >= 15 is 0 Å². The Morgan fingerprint density at radius 3 is 2.58 bits per heavy atom. The fraction of sp³-hybridized carbons (Fsp3) is 0.125. The number of carbonyl (C=O) groups is 1. The molecule has 1 aromatic carbocycles. The second kappa shape index (κ2) is 3.77. The summed E-state index contributed by atoms with van der Waals surface area (Å²) in [5.41, 5.74) is 1.17. The molecule has 0 heterocycles. The molecule has 4 heteroatoms. The van der Waals surface area contributed by atoms with Gasteiger partial charge < -0.3 is 0 Å². The summed E-state index contributed by atoms with van der Waals surface area (Å²) in [6, 6.07) is 3.43. The zero-order valence-corrected chi connectivity index (χ0v) is 9.29. The van der Waals surface area contributed by atoms with Gasteiger partial charge in [-0.15, -0.1) is 0 Å². The molecule has 64 valence electrons. The van der Waals surface area contributed by atoms with Crippen LogP contribution in [0.1, 0.15) is 15.9 Å². The van der Waals surface area contributed by atoms with Crippen molar-refractivity contribution in [2.24, 2.45) is 0 Å². The van der Waals surface area contributed by atoms with Gasteiger partial charge in [-0.3, -0.25) is 4.79 Å². The van der Waals surface area contributed by atoms with Crippen LogP contribution in [0.25, 0.3) is 0 Å². The lowest BCUT2D eigenvalue weighted by molar-refractivity contribution is 0.108. The molecular formula is C8H5BrCl2O. The molecule has 1 aromatic rings. The van der Waals surface area contributed by atoms with Crippen LogP contribution in [0.15, 0.2) is 16.6 Å². The first-order chi connectivity index (χ1) is 5.52. The highest BCUT2D eigenvalue weighted by molar-refractivity contribution is 9.10. The zero-order chi connectivity index (χ0) is 9.30. The van der Waals surface area contributed by atoms with Gasteiger partial charge in [0.15, 0.2) is 0 Å². The lowest BCUT2D eigenvalue weighted by Crippen LogP contribution is -1.92. The number of carbonyl (C=O) groups excluding carboxylic acids is 1. The normalized spacial score (nSPS) is 10.0. The first-order valence-corrected chi connectivity index (χ1v) is 4.72. The smallest absolute Gasteiger partial charge is 0.253 e. The van der Waals surface area contributed by atoms with Gasteiger partial charge in [0.05, 0.1) is 10.6 Å². The largest absolute Gasteiger partial charge is 0.276 e. The van der Waals surface area contributed by atoms with E-state index in [1.807, 2.05) is 13.0 Å². The van der Waals surface area contributed by atoms with E-state index in [4.69, 9.17) is 23.2 Å². The minimum atomic E-state index is -0.538. The SMILES string of the molecule is Cc1cc(Br)cc(C(=O)Cl)c1Cl. The molecule has 0 aliphatic rings. The van der Waals surface area contributed by atoms with Gasteiger partial charge in [-0.2, -0.15) is 0 Å². The lowest BCUT2D eigenvalue weighted by atomic mass is 10.1. The molecule has 0 bridgehead atoms. The standard InChI is InChI=1S/C8H5BrCl2O/c1-4-2-5(9)3-6(7(4)10)8(11)12/h2-3H,1H3. The minimum Gasteiger partial charge on any atom is -0.276 e. The van der Waals surface area contributed by atoms with Crippen molar-refractivity contribution in [3.63, 3.8) is 0 Å². The molecule has 0 unspecified atom stereocenters. The number of hydrogen-bond donors (Lipinski definition) is 0.